The zero-order chi connectivity index (χ0) is 10.7. The zero-order valence-electron chi connectivity index (χ0n) is 8.66. The van der Waals surface area contributed by atoms with Crippen LogP contribution >= 0.6 is 11.6 Å². The number of nitrogens with two attached hydrogens (primary N) is 1. The molecule has 1 aromatic carbocycles. The van der Waals surface area contributed by atoms with Crippen molar-refractivity contribution in [2.24, 2.45) is 5.73 Å². The van der Waals surface area contributed by atoms with Crippen LogP contribution in [0.5, 0.6) is 11.5 Å². The van der Waals surface area contributed by atoms with Gasteiger partial charge in [-0.05, 0) is 12.1 Å². The molecule has 0 heterocycles. The first kappa shape index (κ1) is 15.8. The first-order chi connectivity index (χ1) is 6.60. The van der Waals surface area contributed by atoms with E-state index in [0.29, 0.717) is 5.56 Å². The van der Waals surface area contributed by atoms with Crippen LogP contribution < -0.4 is 73.8 Å². The number of benzene rings is 1. The molecule has 0 bridgehead atoms. The van der Waals surface area contributed by atoms with Crippen LogP contribution in [0.15, 0.2) is 12.1 Å². The quantitative estimate of drug-likeness (QED) is 0.643. The van der Waals surface area contributed by atoms with Gasteiger partial charge in [0.2, 0.25) is 0 Å². The average Bonchev–Trinajstić information content (AvgIpc) is 2.17. The van der Waals surface area contributed by atoms with Gasteiger partial charge in [0.15, 0.2) is 0 Å². The first-order valence-corrected chi connectivity index (χ1v) is 4.40. The van der Waals surface area contributed by atoms with E-state index in [2.05, 4.69) is 0 Å². The molecule has 0 spiro atoms. The van der Waals surface area contributed by atoms with Gasteiger partial charge in [0.05, 0.1) is 13.2 Å². The number of aliphatic hydroxyl groups is 1. The molecule has 0 saturated heterocycles. The van der Waals surface area contributed by atoms with E-state index >= 15 is 0 Å². The molecule has 15 heavy (non-hydrogen) atoms. The smallest absolute Gasteiger partial charge is 0.870 e. The van der Waals surface area contributed by atoms with Crippen molar-refractivity contribution in [3.63, 3.8) is 0 Å². The van der Waals surface area contributed by atoms with Gasteiger partial charge in [0.1, 0.15) is 5.75 Å². The van der Waals surface area contributed by atoms with Crippen LogP contribution in [0.1, 0.15) is 11.7 Å². The summed E-state index contributed by atoms with van der Waals surface area (Å²) in [7, 11) is 1.38. The third-order valence-electron chi connectivity index (χ3n) is 1.87. The second-order valence-electron chi connectivity index (χ2n) is 2.78. The largest absolute Gasteiger partial charge is 1.00 e. The van der Waals surface area contributed by atoms with Crippen molar-refractivity contribution >= 4 is 11.6 Å². The number of hydrogen-bond donors (Lipinski definition) is 2. The van der Waals surface area contributed by atoms with Gasteiger partial charge in [-0.15, -0.1) is 0 Å². The molecule has 1 rings (SSSR count). The molecule has 1 unspecified atom stereocenters. The molecule has 0 amide bonds. The van der Waals surface area contributed by atoms with Gasteiger partial charge in [-0.1, -0.05) is 17.4 Å². The summed E-state index contributed by atoms with van der Waals surface area (Å²) in [5.41, 5.74) is 5.68. The molecule has 0 radical (unpaired) electrons. The van der Waals surface area contributed by atoms with Crippen LogP contribution in [-0.2, 0) is 0 Å². The summed E-state index contributed by atoms with van der Waals surface area (Å²) in [5.74, 6) is -0.164. The first-order valence-electron chi connectivity index (χ1n) is 4.02. The Morgan fingerprint density at radius 3 is 2.67 bits per heavy atom. The summed E-state index contributed by atoms with van der Waals surface area (Å²) in [6.07, 6.45) is -0.878. The van der Waals surface area contributed by atoms with Crippen molar-refractivity contribution in [2.75, 3.05) is 13.7 Å². The maximum Gasteiger partial charge on any atom is 1.00 e. The fourth-order valence-corrected chi connectivity index (χ4v) is 1.37. The maximum absolute atomic E-state index is 11.2. The Labute approximate surface area is 142 Å². The molecular weight excluding hydrogens is 291 g/mol. The Morgan fingerprint density at radius 2 is 2.20 bits per heavy atom. The van der Waals surface area contributed by atoms with Gasteiger partial charge < -0.3 is 20.7 Å². The standard InChI is InChI=1S/C9H12ClNO3.Rb/c1-14-9-2-5(8(13)4-11)6(10)3-7(9)12;/h2-3,8,12-13H,4,11H2,1H3;/q;+1/p-1. The number of hydrogen-bond acceptors (Lipinski definition) is 4. The van der Waals surface area contributed by atoms with Crippen molar-refractivity contribution in [1.29, 1.82) is 0 Å². The van der Waals surface area contributed by atoms with E-state index < -0.39 is 6.10 Å². The Morgan fingerprint density at radius 1 is 1.60 bits per heavy atom. The van der Waals surface area contributed by atoms with Gasteiger partial charge in [-0.25, -0.2) is 0 Å². The van der Waals surface area contributed by atoms with E-state index in [1.165, 1.54) is 19.2 Å². The number of rotatable bonds is 3. The third-order valence-corrected chi connectivity index (χ3v) is 2.19. The molecule has 4 nitrogen and oxygen atoms in total. The van der Waals surface area contributed by atoms with Crippen LogP contribution in [-0.4, -0.2) is 18.8 Å². The third kappa shape index (κ3) is 3.96. The molecule has 0 aliphatic carbocycles. The maximum atomic E-state index is 11.2. The van der Waals surface area contributed by atoms with Crippen molar-refractivity contribution < 1.29 is 73.1 Å². The fraction of sp³-hybridized carbons (Fsp3) is 0.333. The minimum atomic E-state index is -0.878. The normalized spacial score (nSPS) is 11.7. The zero-order valence-corrected chi connectivity index (χ0v) is 14.3. The second kappa shape index (κ2) is 7.22. The van der Waals surface area contributed by atoms with E-state index in [1.54, 1.807) is 0 Å². The Kier molecular flexibility index (Phi) is 7.62. The second-order valence-corrected chi connectivity index (χ2v) is 3.18. The van der Waals surface area contributed by atoms with Crippen molar-refractivity contribution in [1.82, 2.24) is 0 Å². The van der Waals surface area contributed by atoms with Gasteiger partial charge in [0.25, 0.3) is 0 Å². The molecule has 0 fully saturated rings. The summed E-state index contributed by atoms with van der Waals surface area (Å²) < 4.78 is 4.81. The van der Waals surface area contributed by atoms with Gasteiger partial charge in [-0.3, -0.25) is 0 Å². The number of methoxy groups -OCH3 is 1. The SMILES string of the molecule is COc1cc(C(O)CN)c(Cl)cc1[O-].[Rb+]. The summed E-state index contributed by atoms with van der Waals surface area (Å²) in [5, 5.41) is 20.9. The minimum absolute atomic E-state index is 0. The van der Waals surface area contributed by atoms with Crippen LogP contribution in [0.25, 0.3) is 0 Å². The minimum Gasteiger partial charge on any atom is -0.870 e. The molecule has 6 heteroatoms. The number of aliphatic hydroxyl groups excluding tert-OH is 1. The summed E-state index contributed by atoms with van der Waals surface area (Å²) in [6.45, 7) is 0.0427. The predicted molar refractivity (Wildman–Crippen MR) is 51.5 cm³/mol. The monoisotopic (exact) mass is 301 g/mol. The molecular formula is C9H11ClNO3Rb. The molecule has 0 aliphatic heterocycles. The Hall–Kier alpha value is 0.835. The molecule has 0 saturated carbocycles. The van der Waals surface area contributed by atoms with Crippen molar-refractivity contribution in [3.8, 4) is 11.5 Å². The molecule has 0 aliphatic rings. The average molecular weight is 302 g/mol. The van der Waals surface area contributed by atoms with Gasteiger partial charge in [-0.2, -0.15) is 0 Å². The van der Waals surface area contributed by atoms with E-state index in [9.17, 15) is 10.2 Å². The number of ether oxygens (including phenoxy) is 1. The Balaban J connectivity index is 0.00000196. The number of halogens is 1. The van der Waals surface area contributed by atoms with E-state index in [4.69, 9.17) is 22.1 Å². The molecule has 1 aromatic rings. The predicted octanol–water partition coefficient (Wildman–Crippen LogP) is -2.58. The topological polar surface area (TPSA) is 78.5 Å². The van der Waals surface area contributed by atoms with Gasteiger partial charge in [0, 0.05) is 17.1 Å². The summed E-state index contributed by atoms with van der Waals surface area (Å²) >= 11 is 5.76. The van der Waals surface area contributed by atoms with E-state index in [-0.39, 0.29) is 81.3 Å². The summed E-state index contributed by atoms with van der Waals surface area (Å²) in [4.78, 5) is 0. The fourth-order valence-electron chi connectivity index (χ4n) is 1.09. The van der Waals surface area contributed by atoms with Crippen molar-refractivity contribution in [3.05, 3.63) is 22.7 Å². The molecule has 0 aromatic heterocycles. The molecule has 1 atom stereocenters. The van der Waals surface area contributed by atoms with Crippen LogP contribution in [0, 0.1) is 0 Å². The van der Waals surface area contributed by atoms with E-state index in [0.717, 1.165) is 0 Å². The molecule has 78 valence electrons. The molecule has 3 N–H and O–H groups in total. The van der Waals surface area contributed by atoms with Crippen LogP contribution in [0.2, 0.25) is 5.02 Å². The van der Waals surface area contributed by atoms with E-state index in [1.807, 2.05) is 0 Å². The van der Waals surface area contributed by atoms with Crippen LogP contribution in [0.4, 0.5) is 0 Å². The van der Waals surface area contributed by atoms with Crippen molar-refractivity contribution in [2.45, 2.75) is 6.10 Å². The van der Waals surface area contributed by atoms with Gasteiger partial charge >= 0.3 is 58.2 Å². The summed E-state index contributed by atoms with van der Waals surface area (Å²) in [6, 6.07) is 2.61. The Bertz CT molecular complexity index is 335. The van der Waals surface area contributed by atoms with Crippen LogP contribution in [0.3, 0.4) is 0 Å².